The summed E-state index contributed by atoms with van der Waals surface area (Å²) in [5.41, 5.74) is 0.392. The molecule has 1 fully saturated rings. The molecule has 8 heteroatoms. The molecule has 0 aliphatic carbocycles. The van der Waals surface area contributed by atoms with E-state index in [1.807, 2.05) is 6.26 Å². The van der Waals surface area contributed by atoms with Crippen molar-refractivity contribution < 1.29 is 9.59 Å². The van der Waals surface area contributed by atoms with Gasteiger partial charge >= 0.3 is 0 Å². The van der Waals surface area contributed by atoms with Crippen molar-refractivity contribution in [2.24, 2.45) is 5.92 Å². The van der Waals surface area contributed by atoms with E-state index in [0.29, 0.717) is 29.5 Å². The smallest absolute Gasteiger partial charge is 0.253 e. The molecule has 1 heterocycles. The van der Waals surface area contributed by atoms with Crippen LogP contribution >= 0.6 is 35.8 Å². The zero-order valence-corrected chi connectivity index (χ0v) is 17.3. The fourth-order valence-corrected chi connectivity index (χ4v) is 3.56. The van der Waals surface area contributed by atoms with Crippen molar-refractivity contribution >= 4 is 47.6 Å². The van der Waals surface area contributed by atoms with Crippen molar-refractivity contribution in [2.45, 2.75) is 25.3 Å². The van der Waals surface area contributed by atoms with Crippen LogP contribution in [0, 0.1) is 5.92 Å². The fourth-order valence-electron chi connectivity index (χ4n) is 2.87. The van der Waals surface area contributed by atoms with Gasteiger partial charge in [-0.05, 0) is 62.4 Å². The Morgan fingerprint density at radius 2 is 2.15 bits per heavy atom. The Bertz CT molecular complexity index is 583. The maximum absolute atomic E-state index is 12.5. The lowest BCUT2D eigenvalue weighted by Crippen LogP contribution is -2.47. The van der Waals surface area contributed by atoms with Crippen molar-refractivity contribution in [1.82, 2.24) is 16.0 Å². The van der Waals surface area contributed by atoms with Gasteiger partial charge in [-0.3, -0.25) is 9.59 Å². The summed E-state index contributed by atoms with van der Waals surface area (Å²) in [6.45, 7) is 2.72. The number of thioether (sulfide) groups is 1. The van der Waals surface area contributed by atoms with E-state index >= 15 is 0 Å². The predicted octanol–water partition coefficient (Wildman–Crippen LogP) is 2.73. The van der Waals surface area contributed by atoms with Crippen molar-refractivity contribution in [3.05, 3.63) is 34.9 Å². The Kier molecular flexibility index (Phi) is 11.0. The average Bonchev–Trinajstić information content (AvgIpc) is 3.12. The predicted molar refractivity (Wildman–Crippen MR) is 112 cm³/mol. The molecule has 3 N–H and O–H groups in total. The molecule has 1 aromatic rings. The number of amides is 2. The molecule has 0 spiro atoms. The van der Waals surface area contributed by atoms with E-state index in [-0.39, 0.29) is 24.2 Å². The van der Waals surface area contributed by atoms with Gasteiger partial charge in [-0.1, -0.05) is 23.7 Å². The molecule has 0 radical (unpaired) electrons. The quantitative estimate of drug-likeness (QED) is 0.575. The number of benzene rings is 1. The summed E-state index contributed by atoms with van der Waals surface area (Å²) < 4.78 is 0. The van der Waals surface area contributed by atoms with Gasteiger partial charge in [0.15, 0.2) is 0 Å². The standard InChI is InChI=1S/C18H26ClN3O2S.ClH/c1-25-11-8-16(18(24)21-10-7-13-6-9-20-12-13)22-17(23)14-4-2-3-5-15(14)19;/h2-5,13,16,20H,6-12H2,1H3,(H,21,24)(H,22,23);1H. The maximum atomic E-state index is 12.5. The SMILES string of the molecule is CSCCC(NC(=O)c1ccccc1Cl)C(=O)NCCC1CCNC1.Cl. The summed E-state index contributed by atoms with van der Waals surface area (Å²) in [6, 6.07) is 6.32. The number of hydrogen-bond acceptors (Lipinski definition) is 4. The van der Waals surface area contributed by atoms with E-state index in [1.165, 1.54) is 0 Å². The molecular formula is C18H27Cl2N3O2S. The molecule has 2 rings (SSSR count). The Labute approximate surface area is 170 Å². The molecule has 2 unspecified atom stereocenters. The van der Waals surface area contributed by atoms with Crippen molar-refractivity contribution in [2.75, 3.05) is 31.6 Å². The Morgan fingerprint density at radius 1 is 1.38 bits per heavy atom. The first-order chi connectivity index (χ1) is 12.1. The van der Waals surface area contributed by atoms with Crippen LogP contribution in [0.15, 0.2) is 24.3 Å². The molecule has 0 saturated carbocycles. The summed E-state index contributed by atoms with van der Waals surface area (Å²) in [7, 11) is 0. The minimum atomic E-state index is -0.544. The fraction of sp³-hybridized carbons (Fsp3) is 0.556. The molecule has 1 saturated heterocycles. The molecule has 146 valence electrons. The zero-order valence-electron chi connectivity index (χ0n) is 14.9. The highest BCUT2D eigenvalue weighted by molar-refractivity contribution is 7.98. The molecule has 26 heavy (non-hydrogen) atoms. The molecule has 2 atom stereocenters. The van der Waals surface area contributed by atoms with E-state index in [4.69, 9.17) is 11.6 Å². The van der Waals surface area contributed by atoms with Gasteiger partial charge in [-0.15, -0.1) is 12.4 Å². The van der Waals surface area contributed by atoms with Gasteiger partial charge in [0.05, 0.1) is 10.6 Å². The molecule has 1 aromatic carbocycles. The van der Waals surface area contributed by atoms with Crippen LogP contribution in [0.3, 0.4) is 0 Å². The van der Waals surface area contributed by atoms with Crippen LogP contribution in [-0.2, 0) is 4.79 Å². The van der Waals surface area contributed by atoms with Crippen molar-refractivity contribution in [1.29, 1.82) is 0 Å². The first-order valence-electron chi connectivity index (χ1n) is 8.64. The van der Waals surface area contributed by atoms with Crippen molar-refractivity contribution in [3.8, 4) is 0 Å². The third kappa shape index (κ3) is 7.35. The van der Waals surface area contributed by atoms with Crippen LogP contribution in [0.25, 0.3) is 0 Å². The number of carbonyl (C=O) groups is 2. The summed E-state index contributed by atoms with van der Waals surface area (Å²) in [6.07, 6.45) is 4.70. The third-order valence-electron chi connectivity index (χ3n) is 4.37. The highest BCUT2D eigenvalue weighted by atomic mass is 35.5. The van der Waals surface area contributed by atoms with Crippen LogP contribution < -0.4 is 16.0 Å². The lowest BCUT2D eigenvalue weighted by molar-refractivity contribution is -0.123. The second kappa shape index (κ2) is 12.4. The van der Waals surface area contributed by atoms with Gasteiger partial charge in [0.25, 0.3) is 5.91 Å². The van der Waals surface area contributed by atoms with Crippen LogP contribution in [0.5, 0.6) is 0 Å². The summed E-state index contributed by atoms with van der Waals surface area (Å²) in [4.78, 5) is 24.9. The van der Waals surface area contributed by atoms with Gasteiger partial charge < -0.3 is 16.0 Å². The first kappa shape index (κ1) is 23.1. The molecule has 0 aromatic heterocycles. The van der Waals surface area contributed by atoms with E-state index in [1.54, 1.807) is 36.0 Å². The highest BCUT2D eigenvalue weighted by Gasteiger charge is 2.22. The molecular weight excluding hydrogens is 393 g/mol. The molecule has 5 nitrogen and oxygen atoms in total. The van der Waals surface area contributed by atoms with E-state index in [0.717, 1.165) is 31.7 Å². The van der Waals surface area contributed by atoms with Gasteiger partial charge in [0.1, 0.15) is 6.04 Å². The second-order valence-electron chi connectivity index (χ2n) is 6.23. The number of hydrogen-bond donors (Lipinski definition) is 3. The minimum absolute atomic E-state index is 0. The number of rotatable bonds is 9. The summed E-state index contributed by atoms with van der Waals surface area (Å²) in [5, 5.41) is 9.50. The van der Waals surface area contributed by atoms with Crippen LogP contribution in [-0.4, -0.2) is 49.5 Å². The molecule has 2 amide bonds. The van der Waals surface area contributed by atoms with E-state index in [2.05, 4.69) is 16.0 Å². The van der Waals surface area contributed by atoms with Gasteiger partial charge in [-0.25, -0.2) is 0 Å². The van der Waals surface area contributed by atoms with E-state index in [9.17, 15) is 9.59 Å². The summed E-state index contributed by atoms with van der Waals surface area (Å²) >= 11 is 7.72. The van der Waals surface area contributed by atoms with Gasteiger partial charge in [-0.2, -0.15) is 11.8 Å². The van der Waals surface area contributed by atoms with Crippen LogP contribution in [0.1, 0.15) is 29.6 Å². The second-order valence-corrected chi connectivity index (χ2v) is 7.62. The summed E-state index contributed by atoms with van der Waals surface area (Å²) in [5.74, 6) is 0.989. The highest BCUT2D eigenvalue weighted by Crippen LogP contribution is 2.15. The number of carbonyl (C=O) groups excluding carboxylic acids is 2. The lowest BCUT2D eigenvalue weighted by atomic mass is 10.1. The maximum Gasteiger partial charge on any atom is 0.253 e. The number of halogens is 2. The Morgan fingerprint density at radius 3 is 2.81 bits per heavy atom. The monoisotopic (exact) mass is 419 g/mol. The molecule has 1 aliphatic rings. The van der Waals surface area contributed by atoms with Crippen LogP contribution in [0.2, 0.25) is 5.02 Å². The zero-order chi connectivity index (χ0) is 18.1. The molecule has 1 aliphatic heterocycles. The topological polar surface area (TPSA) is 70.2 Å². The number of nitrogens with one attached hydrogen (secondary N) is 3. The van der Waals surface area contributed by atoms with Gasteiger partial charge in [0.2, 0.25) is 5.91 Å². The third-order valence-corrected chi connectivity index (χ3v) is 5.34. The minimum Gasteiger partial charge on any atom is -0.354 e. The first-order valence-corrected chi connectivity index (χ1v) is 10.4. The average molecular weight is 420 g/mol. The van der Waals surface area contributed by atoms with Crippen molar-refractivity contribution in [3.63, 3.8) is 0 Å². The normalized spacial score (nSPS) is 17.2. The Balaban J connectivity index is 0.00000338. The van der Waals surface area contributed by atoms with Crippen LogP contribution in [0.4, 0.5) is 0 Å². The lowest BCUT2D eigenvalue weighted by Gasteiger charge is -2.19. The van der Waals surface area contributed by atoms with E-state index < -0.39 is 6.04 Å². The Hall–Kier alpha value is -0.950. The van der Waals surface area contributed by atoms with Gasteiger partial charge in [0, 0.05) is 6.54 Å². The molecule has 0 bridgehead atoms. The largest absolute Gasteiger partial charge is 0.354 e.